The lowest BCUT2D eigenvalue weighted by Crippen LogP contribution is -2.52. The van der Waals surface area contributed by atoms with E-state index in [-0.39, 0.29) is 23.2 Å². The molecule has 184 valence electrons. The molecule has 0 aliphatic carbocycles. The molecule has 0 N–H and O–H groups in total. The number of rotatable bonds is 14. The number of β-lactam (4-membered cyclic amide) rings is 1. The quantitative estimate of drug-likeness (QED) is 0.172. The highest BCUT2D eigenvalue weighted by Crippen LogP contribution is 2.32. The Balaban J connectivity index is 1.43. The summed E-state index contributed by atoms with van der Waals surface area (Å²) in [7, 11) is 0. The first-order valence-corrected chi connectivity index (χ1v) is 13.4. The van der Waals surface area contributed by atoms with Crippen LogP contribution >= 0.6 is 23.4 Å². The Morgan fingerprint density at radius 1 is 1.18 bits per heavy atom. The van der Waals surface area contributed by atoms with E-state index in [2.05, 4.69) is 13.0 Å². The van der Waals surface area contributed by atoms with E-state index in [1.54, 1.807) is 30.8 Å². The molecule has 0 spiro atoms. The van der Waals surface area contributed by atoms with Crippen LogP contribution in [0.3, 0.4) is 0 Å². The first kappa shape index (κ1) is 26.6. The van der Waals surface area contributed by atoms with Crippen LogP contribution in [-0.4, -0.2) is 48.5 Å². The molecule has 0 radical (unpaired) electrons. The Hall–Kier alpha value is -2.02. The molecule has 1 aliphatic heterocycles. The van der Waals surface area contributed by atoms with Crippen LogP contribution in [0.4, 0.5) is 0 Å². The molecule has 3 rings (SSSR count). The zero-order valence-electron chi connectivity index (χ0n) is 20.0. The van der Waals surface area contributed by atoms with Gasteiger partial charge in [-0.2, -0.15) is 0 Å². The van der Waals surface area contributed by atoms with Crippen LogP contribution in [0.25, 0.3) is 0 Å². The number of hydrogen-bond acceptors (Lipinski definition) is 5. The number of esters is 1. The van der Waals surface area contributed by atoms with Gasteiger partial charge in [-0.15, -0.1) is 11.8 Å². The molecule has 1 fully saturated rings. The Labute approximate surface area is 212 Å². The minimum Gasteiger partial charge on any atom is -0.462 e. The van der Waals surface area contributed by atoms with E-state index in [0.717, 1.165) is 41.2 Å². The van der Waals surface area contributed by atoms with E-state index >= 15 is 0 Å². The molecule has 0 bridgehead atoms. The average molecular weight is 504 g/mol. The normalized spacial score (nSPS) is 16.3. The van der Waals surface area contributed by atoms with Gasteiger partial charge in [0.2, 0.25) is 5.91 Å². The Bertz CT molecular complexity index is 936. The minimum atomic E-state index is -0.302. The number of benzene rings is 2. The summed E-state index contributed by atoms with van der Waals surface area (Å²) < 4.78 is 11.0. The molecule has 1 saturated heterocycles. The lowest BCUT2D eigenvalue weighted by atomic mass is 9.94. The number of hydrogen-bond donors (Lipinski definition) is 0. The van der Waals surface area contributed by atoms with Gasteiger partial charge in [0.1, 0.15) is 0 Å². The lowest BCUT2D eigenvalue weighted by molar-refractivity contribution is -0.142. The Morgan fingerprint density at radius 2 is 1.94 bits per heavy atom. The van der Waals surface area contributed by atoms with E-state index in [4.69, 9.17) is 21.1 Å². The number of nitrogens with zero attached hydrogens (tertiary/aromatic N) is 1. The van der Waals surface area contributed by atoms with Crippen LogP contribution in [-0.2, 0) is 20.0 Å². The van der Waals surface area contributed by atoms with Crippen molar-refractivity contribution in [3.05, 3.63) is 70.2 Å². The second kappa shape index (κ2) is 13.8. The molecule has 2 aromatic rings. The largest absolute Gasteiger partial charge is 0.462 e. The van der Waals surface area contributed by atoms with Crippen molar-refractivity contribution < 1.29 is 19.1 Å². The van der Waals surface area contributed by atoms with E-state index in [1.165, 1.54) is 0 Å². The molecule has 34 heavy (non-hydrogen) atoms. The molecule has 2 unspecified atom stereocenters. The molecular weight excluding hydrogens is 470 g/mol. The molecule has 1 aliphatic rings. The number of thioether (sulfide) groups is 1. The molecular formula is C27H34ClNO4S. The summed E-state index contributed by atoms with van der Waals surface area (Å²) in [6, 6.07) is 15.4. The van der Waals surface area contributed by atoms with Crippen molar-refractivity contribution >= 4 is 35.2 Å². The first-order chi connectivity index (χ1) is 16.5. The number of halogens is 1. The fourth-order valence-electron chi connectivity index (χ4n) is 3.96. The summed E-state index contributed by atoms with van der Waals surface area (Å²) >= 11 is 8.16. The molecule has 0 saturated carbocycles. The smallest absolute Gasteiger partial charge is 0.338 e. The zero-order chi connectivity index (χ0) is 24.3. The fraction of sp³-hybridized carbons (Fsp3) is 0.481. The maximum Gasteiger partial charge on any atom is 0.338 e. The SMILES string of the molecule is CCCCC(COCCN1C(=O)CC1SCc1ccc(C(=O)OCC)cc1)c1ccccc1Cl. The van der Waals surface area contributed by atoms with Crippen molar-refractivity contribution in [2.75, 3.05) is 26.4 Å². The van der Waals surface area contributed by atoms with E-state index < -0.39 is 0 Å². The van der Waals surface area contributed by atoms with Gasteiger partial charge in [0.05, 0.1) is 37.2 Å². The van der Waals surface area contributed by atoms with Gasteiger partial charge in [0.15, 0.2) is 0 Å². The van der Waals surface area contributed by atoms with Gasteiger partial charge >= 0.3 is 5.97 Å². The maximum absolute atomic E-state index is 12.2. The van der Waals surface area contributed by atoms with Gasteiger partial charge < -0.3 is 14.4 Å². The summed E-state index contributed by atoms with van der Waals surface area (Å²) in [4.78, 5) is 25.8. The van der Waals surface area contributed by atoms with Gasteiger partial charge in [0, 0.05) is 23.2 Å². The molecule has 5 nitrogen and oxygen atoms in total. The third-order valence-corrected chi connectivity index (χ3v) is 7.62. The first-order valence-electron chi connectivity index (χ1n) is 12.0. The van der Waals surface area contributed by atoms with Crippen molar-refractivity contribution in [1.82, 2.24) is 4.90 Å². The van der Waals surface area contributed by atoms with Gasteiger partial charge in [-0.25, -0.2) is 4.79 Å². The molecule has 2 aromatic carbocycles. The summed E-state index contributed by atoms with van der Waals surface area (Å²) in [5.74, 6) is 0.920. The van der Waals surface area contributed by atoms with Gasteiger partial charge in [-0.1, -0.05) is 61.7 Å². The second-order valence-corrected chi connectivity index (χ2v) is 9.98. The second-order valence-electron chi connectivity index (χ2n) is 8.41. The Kier molecular flexibility index (Phi) is 10.8. The molecule has 1 amide bonds. The van der Waals surface area contributed by atoms with E-state index in [9.17, 15) is 9.59 Å². The molecule has 1 heterocycles. The Morgan fingerprint density at radius 3 is 2.62 bits per heavy atom. The third-order valence-electron chi connectivity index (χ3n) is 5.97. The van der Waals surface area contributed by atoms with Gasteiger partial charge in [0.25, 0.3) is 0 Å². The number of unbranched alkanes of at least 4 members (excludes halogenated alkanes) is 1. The number of ether oxygens (including phenoxy) is 2. The van der Waals surface area contributed by atoms with Crippen molar-refractivity contribution in [2.24, 2.45) is 0 Å². The van der Waals surface area contributed by atoms with Crippen molar-refractivity contribution in [3.8, 4) is 0 Å². The predicted molar refractivity (Wildman–Crippen MR) is 138 cm³/mol. The van der Waals surface area contributed by atoms with Gasteiger partial charge in [-0.05, 0) is 42.7 Å². The highest BCUT2D eigenvalue weighted by Gasteiger charge is 2.35. The van der Waals surface area contributed by atoms with Crippen LogP contribution in [0.2, 0.25) is 5.02 Å². The van der Waals surface area contributed by atoms with Crippen LogP contribution in [0.1, 0.15) is 66.9 Å². The summed E-state index contributed by atoms with van der Waals surface area (Å²) in [6.07, 6.45) is 3.86. The highest BCUT2D eigenvalue weighted by molar-refractivity contribution is 7.99. The minimum absolute atomic E-state index is 0.167. The maximum atomic E-state index is 12.2. The third kappa shape index (κ3) is 7.49. The molecule has 2 atom stereocenters. The van der Waals surface area contributed by atoms with Crippen LogP contribution in [0, 0.1) is 0 Å². The van der Waals surface area contributed by atoms with E-state index in [0.29, 0.717) is 38.3 Å². The van der Waals surface area contributed by atoms with Crippen LogP contribution < -0.4 is 0 Å². The highest BCUT2D eigenvalue weighted by atomic mass is 35.5. The lowest BCUT2D eigenvalue weighted by Gasteiger charge is -2.40. The number of carbonyl (C=O) groups is 2. The molecule has 0 aromatic heterocycles. The predicted octanol–water partition coefficient (Wildman–Crippen LogP) is 6.30. The topological polar surface area (TPSA) is 55.8 Å². The van der Waals surface area contributed by atoms with Gasteiger partial charge in [-0.3, -0.25) is 4.79 Å². The van der Waals surface area contributed by atoms with E-state index in [1.807, 2.05) is 35.2 Å². The summed E-state index contributed by atoms with van der Waals surface area (Å²) in [5, 5.41) is 0.956. The summed E-state index contributed by atoms with van der Waals surface area (Å²) in [5.41, 5.74) is 2.81. The van der Waals surface area contributed by atoms with Crippen LogP contribution in [0.5, 0.6) is 0 Å². The number of likely N-dealkylation sites (tertiary alicyclic amines) is 1. The number of carbonyl (C=O) groups excluding carboxylic acids is 2. The standard InChI is InChI=1S/C27H34ClNO4S/c1-3-5-8-22(23-9-6-7-10-24(23)28)18-32-16-15-29-25(30)17-26(29)34-19-20-11-13-21(14-12-20)27(31)33-4-2/h6-7,9-14,22,26H,3-5,8,15-19H2,1-2H3. The summed E-state index contributed by atoms with van der Waals surface area (Å²) in [6.45, 7) is 6.07. The average Bonchev–Trinajstić information content (AvgIpc) is 2.84. The molecule has 7 heteroatoms. The fourth-order valence-corrected chi connectivity index (χ4v) is 5.49. The monoisotopic (exact) mass is 503 g/mol. The van der Waals surface area contributed by atoms with Crippen molar-refractivity contribution in [1.29, 1.82) is 0 Å². The van der Waals surface area contributed by atoms with Crippen molar-refractivity contribution in [3.63, 3.8) is 0 Å². The van der Waals surface area contributed by atoms with Crippen molar-refractivity contribution in [2.45, 2.75) is 56.6 Å². The van der Waals surface area contributed by atoms with Crippen LogP contribution in [0.15, 0.2) is 48.5 Å². The zero-order valence-corrected chi connectivity index (χ0v) is 21.6. The number of amides is 1.